The van der Waals surface area contributed by atoms with Crippen LogP contribution in [0.5, 0.6) is 5.75 Å². The molecule has 4 nitrogen and oxygen atoms in total. The van der Waals surface area contributed by atoms with E-state index in [1.54, 1.807) is 0 Å². The quantitative estimate of drug-likeness (QED) is 0.888. The summed E-state index contributed by atoms with van der Waals surface area (Å²) in [7, 11) is 2.23. The third-order valence-corrected chi connectivity index (χ3v) is 5.13. The molecule has 3 unspecified atom stereocenters. The summed E-state index contributed by atoms with van der Waals surface area (Å²) >= 11 is 0. The van der Waals surface area contributed by atoms with Gasteiger partial charge in [0, 0.05) is 37.0 Å². The van der Waals surface area contributed by atoms with Gasteiger partial charge < -0.3 is 4.74 Å². The topological polar surface area (TPSA) is 36.5 Å². The third kappa shape index (κ3) is 2.93. The van der Waals surface area contributed by atoms with Crippen molar-refractivity contribution in [1.82, 2.24) is 15.8 Å². The lowest BCUT2D eigenvalue weighted by molar-refractivity contribution is 0.166. The van der Waals surface area contributed by atoms with E-state index >= 15 is 0 Å². The first-order valence-corrected chi connectivity index (χ1v) is 8.02. The summed E-state index contributed by atoms with van der Waals surface area (Å²) in [4.78, 5) is 2.46. The largest absolute Gasteiger partial charge is 0.493 e. The van der Waals surface area contributed by atoms with Crippen molar-refractivity contribution in [2.45, 2.75) is 51.9 Å². The van der Waals surface area contributed by atoms with Gasteiger partial charge in [0.2, 0.25) is 0 Å². The van der Waals surface area contributed by atoms with Crippen molar-refractivity contribution in [2.24, 2.45) is 5.92 Å². The first-order chi connectivity index (χ1) is 10.1. The van der Waals surface area contributed by atoms with Crippen LogP contribution < -0.4 is 15.6 Å². The van der Waals surface area contributed by atoms with E-state index in [0.717, 1.165) is 25.3 Å². The molecule has 116 valence electrons. The van der Waals surface area contributed by atoms with E-state index in [0.29, 0.717) is 24.0 Å². The van der Waals surface area contributed by atoms with E-state index in [4.69, 9.17) is 4.74 Å². The highest BCUT2D eigenvalue weighted by atomic mass is 16.5. The number of benzene rings is 1. The number of nitrogens with one attached hydrogen (secondary N) is 2. The Morgan fingerprint density at radius 2 is 2.00 bits per heavy atom. The SMILES string of the molecule is CC1NNC(C)C1C(C)N(C)Cc1ccc2c(c1)CCO2. The number of rotatable bonds is 4. The van der Waals surface area contributed by atoms with Gasteiger partial charge in [-0.3, -0.25) is 15.8 Å². The maximum atomic E-state index is 5.59. The first kappa shape index (κ1) is 14.8. The fourth-order valence-electron chi connectivity index (χ4n) is 3.79. The molecule has 4 heteroatoms. The monoisotopic (exact) mass is 289 g/mol. The predicted molar refractivity (Wildman–Crippen MR) is 85.3 cm³/mol. The molecule has 3 atom stereocenters. The Hall–Kier alpha value is -1.10. The number of hydrogen-bond donors (Lipinski definition) is 2. The van der Waals surface area contributed by atoms with E-state index in [1.165, 1.54) is 11.1 Å². The minimum atomic E-state index is 0.505. The van der Waals surface area contributed by atoms with E-state index in [1.807, 2.05) is 0 Å². The van der Waals surface area contributed by atoms with Crippen molar-refractivity contribution in [2.75, 3.05) is 13.7 Å². The van der Waals surface area contributed by atoms with Gasteiger partial charge in [-0.15, -0.1) is 0 Å². The Bertz CT molecular complexity index is 495. The lowest BCUT2D eigenvalue weighted by Gasteiger charge is -2.33. The van der Waals surface area contributed by atoms with Crippen molar-refractivity contribution in [3.05, 3.63) is 29.3 Å². The smallest absolute Gasteiger partial charge is 0.122 e. The number of nitrogens with zero attached hydrogens (tertiary/aromatic N) is 1. The fraction of sp³-hybridized carbons (Fsp3) is 0.647. The van der Waals surface area contributed by atoms with Crippen molar-refractivity contribution >= 4 is 0 Å². The highest BCUT2D eigenvalue weighted by Crippen LogP contribution is 2.27. The van der Waals surface area contributed by atoms with Gasteiger partial charge in [-0.05, 0) is 45.0 Å². The Kier molecular flexibility index (Phi) is 4.20. The van der Waals surface area contributed by atoms with Crippen LogP contribution in [0.15, 0.2) is 18.2 Å². The normalized spacial score (nSPS) is 29.5. The molecule has 0 amide bonds. The summed E-state index contributed by atoms with van der Waals surface area (Å²) in [6.45, 7) is 8.68. The molecule has 2 aliphatic heterocycles. The van der Waals surface area contributed by atoms with Gasteiger partial charge in [0.1, 0.15) is 5.75 Å². The summed E-state index contributed by atoms with van der Waals surface area (Å²) in [5.41, 5.74) is 9.46. The van der Waals surface area contributed by atoms with Crippen LogP contribution in [-0.4, -0.2) is 36.7 Å². The second-order valence-corrected chi connectivity index (χ2v) is 6.64. The highest BCUT2D eigenvalue weighted by Gasteiger charge is 2.35. The van der Waals surface area contributed by atoms with Crippen molar-refractivity contribution < 1.29 is 4.74 Å². The van der Waals surface area contributed by atoms with Gasteiger partial charge >= 0.3 is 0 Å². The molecule has 0 bridgehead atoms. The second kappa shape index (κ2) is 5.95. The molecule has 1 aromatic rings. The van der Waals surface area contributed by atoms with Crippen LogP contribution in [0.4, 0.5) is 0 Å². The van der Waals surface area contributed by atoms with Crippen LogP contribution >= 0.6 is 0 Å². The van der Waals surface area contributed by atoms with E-state index in [2.05, 4.69) is 61.8 Å². The second-order valence-electron chi connectivity index (χ2n) is 6.64. The predicted octanol–water partition coefficient (Wildman–Crippen LogP) is 1.94. The van der Waals surface area contributed by atoms with Gasteiger partial charge in [-0.1, -0.05) is 12.1 Å². The minimum Gasteiger partial charge on any atom is -0.493 e. The average Bonchev–Trinajstić information content (AvgIpc) is 3.04. The number of hydrogen-bond acceptors (Lipinski definition) is 4. The van der Waals surface area contributed by atoms with Gasteiger partial charge in [-0.25, -0.2) is 0 Å². The molecule has 1 aromatic carbocycles. The summed E-state index contributed by atoms with van der Waals surface area (Å²) in [5, 5.41) is 0. The summed E-state index contributed by atoms with van der Waals surface area (Å²) in [6.07, 6.45) is 1.05. The van der Waals surface area contributed by atoms with E-state index in [-0.39, 0.29) is 0 Å². The molecule has 0 aromatic heterocycles. The molecule has 1 saturated heterocycles. The van der Waals surface area contributed by atoms with Crippen molar-refractivity contribution in [3.8, 4) is 5.75 Å². The van der Waals surface area contributed by atoms with Gasteiger partial charge in [0.25, 0.3) is 0 Å². The van der Waals surface area contributed by atoms with Crippen LogP contribution in [0.1, 0.15) is 31.9 Å². The third-order valence-electron chi connectivity index (χ3n) is 5.13. The summed E-state index contributed by atoms with van der Waals surface area (Å²) < 4.78 is 5.59. The Morgan fingerprint density at radius 1 is 1.29 bits per heavy atom. The summed E-state index contributed by atoms with van der Waals surface area (Å²) in [6, 6.07) is 8.17. The van der Waals surface area contributed by atoms with Crippen molar-refractivity contribution in [3.63, 3.8) is 0 Å². The molecule has 3 rings (SSSR count). The number of hydrazine groups is 1. The van der Waals surface area contributed by atoms with E-state index in [9.17, 15) is 0 Å². The van der Waals surface area contributed by atoms with Gasteiger partial charge in [0.05, 0.1) is 6.61 Å². The zero-order chi connectivity index (χ0) is 15.0. The van der Waals surface area contributed by atoms with Crippen LogP contribution in [-0.2, 0) is 13.0 Å². The molecular weight excluding hydrogens is 262 g/mol. The standard InChI is InChI=1S/C17H27N3O/c1-11-17(12(2)19-18-11)13(3)20(4)10-14-5-6-16-15(9-14)7-8-21-16/h5-6,9,11-13,17-19H,7-8,10H2,1-4H3. The molecule has 2 aliphatic rings. The number of fused-ring (bicyclic) bond motifs is 1. The molecule has 2 heterocycles. The van der Waals surface area contributed by atoms with Crippen LogP contribution in [0.2, 0.25) is 0 Å². The van der Waals surface area contributed by atoms with Crippen LogP contribution in [0.25, 0.3) is 0 Å². The number of ether oxygens (including phenoxy) is 1. The van der Waals surface area contributed by atoms with Gasteiger partial charge in [-0.2, -0.15) is 0 Å². The maximum Gasteiger partial charge on any atom is 0.122 e. The Labute approximate surface area is 127 Å². The Morgan fingerprint density at radius 3 is 2.71 bits per heavy atom. The molecular formula is C17H27N3O. The lowest BCUT2D eigenvalue weighted by Crippen LogP contribution is -2.43. The molecule has 0 spiro atoms. The maximum absolute atomic E-state index is 5.59. The minimum absolute atomic E-state index is 0.505. The fourth-order valence-corrected chi connectivity index (χ4v) is 3.79. The van der Waals surface area contributed by atoms with Crippen LogP contribution in [0, 0.1) is 5.92 Å². The van der Waals surface area contributed by atoms with Crippen LogP contribution in [0.3, 0.4) is 0 Å². The molecule has 0 aliphatic carbocycles. The first-order valence-electron chi connectivity index (χ1n) is 8.02. The highest BCUT2D eigenvalue weighted by molar-refractivity contribution is 5.39. The molecule has 1 fully saturated rings. The average molecular weight is 289 g/mol. The molecule has 2 N–H and O–H groups in total. The van der Waals surface area contributed by atoms with Gasteiger partial charge in [0.15, 0.2) is 0 Å². The molecule has 21 heavy (non-hydrogen) atoms. The zero-order valence-corrected chi connectivity index (χ0v) is 13.5. The van der Waals surface area contributed by atoms with E-state index < -0.39 is 0 Å². The molecule has 0 saturated carbocycles. The molecule has 0 radical (unpaired) electrons. The van der Waals surface area contributed by atoms with Crippen molar-refractivity contribution in [1.29, 1.82) is 0 Å². The lowest BCUT2D eigenvalue weighted by atomic mass is 9.88. The zero-order valence-electron chi connectivity index (χ0n) is 13.5. The Balaban J connectivity index is 1.67. The summed E-state index contributed by atoms with van der Waals surface area (Å²) in [5.74, 6) is 1.69.